The van der Waals surface area contributed by atoms with Crippen molar-refractivity contribution in [1.29, 1.82) is 0 Å². The van der Waals surface area contributed by atoms with E-state index in [0.717, 1.165) is 40.6 Å². The SMILES string of the molecule is FC(F)(F)OC1=CCC(n2cc(Cn3c(-c4ccccc4)nc4c3=CCCC=4)nn2)C=C1. The Balaban J connectivity index is 1.40. The van der Waals surface area contributed by atoms with Crippen LogP contribution in [-0.4, -0.2) is 30.9 Å². The highest BCUT2D eigenvalue weighted by Gasteiger charge is 2.32. The van der Waals surface area contributed by atoms with Gasteiger partial charge in [0, 0.05) is 5.56 Å². The van der Waals surface area contributed by atoms with E-state index in [0.29, 0.717) is 13.0 Å². The molecule has 9 heteroatoms. The summed E-state index contributed by atoms with van der Waals surface area (Å²) in [5.74, 6) is 0.660. The number of aromatic nitrogens is 5. The monoisotopic (exact) mass is 439 g/mol. The van der Waals surface area contributed by atoms with Crippen LogP contribution in [0.4, 0.5) is 13.2 Å². The molecule has 6 nitrogen and oxygen atoms in total. The van der Waals surface area contributed by atoms with E-state index in [1.807, 2.05) is 36.5 Å². The molecule has 0 fully saturated rings. The summed E-state index contributed by atoms with van der Waals surface area (Å²) in [6.07, 6.45) is 8.09. The lowest BCUT2D eigenvalue weighted by atomic mass is 10.1. The molecule has 0 radical (unpaired) electrons. The third-order valence-corrected chi connectivity index (χ3v) is 5.40. The van der Waals surface area contributed by atoms with Gasteiger partial charge in [0.05, 0.1) is 29.5 Å². The first-order chi connectivity index (χ1) is 15.5. The molecule has 3 aromatic rings. The number of imidazole rings is 1. The fourth-order valence-corrected chi connectivity index (χ4v) is 3.96. The fourth-order valence-electron chi connectivity index (χ4n) is 3.96. The number of rotatable bonds is 5. The molecule has 1 unspecified atom stereocenters. The smallest absolute Gasteiger partial charge is 0.406 e. The molecule has 1 atom stereocenters. The van der Waals surface area contributed by atoms with Crippen molar-refractivity contribution in [2.45, 2.75) is 38.2 Å². The Kier molecular flexibility index (Phi) is 5.16. The van der Waals surface area contributed by atoms with Gasteiger partial charge in [-0.25, -0.2) is 9.67 Å². The Morgan fingerprint density at radius 1 is 1.06 bits per heavy atom. The number of halogens is 3. The summed E-state index contributed by atoms with van der Waals surface area (Å²) in [6.45, 7) is 0.492. The van der Waals surface area contributed by atoms with Crippen LogP contribution in [0.3, 0.4) is 0 Å². The van der Waals surface area contributed by atoms with E-state index in [4.69, 9.17) is 4.98 Å². The van der Waals surface area contributed by atoms with Gasteiger partial charge in [-0.15, -0.1) is 18.3 Å². The van der Waals surface area contributed by atoms with Gasteiger partial charge in [-0.3, -0.25) is 0 Å². The van der Waals surface area contributed by atoms with Gasteiger partial charge < -0.3 is 9.30 Å². The third-order valence-electron chi connectivity index (χ3n) is 5.40. The molecule has 2 heterocycles. The largest absolute Gasteiger partial charge is 0.573 e. The van der Waals surface area contributed by atoms with Crippen LogP contribution in [0.25, 0.3) is 23.5 Å². The van der Waals surface area contributed by atoms with Crippen LogP contribution < -0.4 is 10.7 Å². The highest BCUT2D eigenvalue weighted by atomic mass is 19.4. The molecule has 1 aromatic carbocycles. The molecular weight excluding hydrogens is 419 g/mol. The van der Waals surface area contributed by atoms with Gasteiger partial charge >= 0.3 is 6.36 Å². The number of benzene rings is 1. The van der Waals surface area contributed by atoms with Crippen molar-refractivity contribution < 1.29 is 17.9 Å². The van der Waals surface area contributed by atoms with Crippen LogP contribution in [0.1, 0.15) is 31.0 Å². The number of hydrogen-bond donors (Lipinski definition) is 0. The van der Waals surface area contributed by atoms with E-state index in [-0.39, 0.29) is 11.8 Å². The Bertz CT molecular complexity index is 1300. The number of fused-ring (bicyclic) bond motifs is 1. The summed E-state index contributed by atoms with van der Waals surface area (Å²) >= 11 is 0. The minimum atomic E-state index is -4.70. The van der Waals surface area contributed by atoms with E-state index in [1.165, 1.54) is 12.2 Å². The van der Waals surface area contributed by atoms with Crippen molar-refractivity contribution in [2.24, 2.45) is 0 Å². The molecule has 2 aromatic heterocycles. The number of allylic oxidation sites excluding steroid dienone is 3. The molecule has 0 spiro atoms. The zero-order valence-electron chi connectivity index (χ0n) is 17.0. The number of nitrogens with zero attached hydrogens (tertiary/aromatic N) is 5. The maximum absolute atomic E-state index is 12.4. The van der Waals surface area contributed by atoms with Gasteiger partial charge in [-0.05, 0) is 31.4 Å². The maximum atomic E-state index is 12.4. The van der Waals surface area contributed by atoms with Gasteiger partial charge in [-0.1, -0.05) is 53.8 Å². The average molecular weight is 439 g/mol. The summed E-state index contributed by atoms with van der Waals surface area (Å²) < 4.78 is 44.9. The minimum absolute atomic E-state index is 0.210. The average Bonchev–Trinajstić information content (AvgIpc) is 3.39. The summed E-state index contributed by atoms with van der Waals surface area (Å²) in [5.41, 5.74) is 1.77. The minimum Gasteiger partial charge on any atom is -0.406 e. The maximum Gasteiger partial charge on any atom is 0.573 e. The zero-order chi connectivity index (χ0) is 22.1. The molecule has 5 rings (SSSR count). The van der Waals surface area contributed by atoms with E-state index in [9.17, 15) is 13.2 Å². The van der Waals surface area contributed by atoms with Crippen molar-refractivity contribution in [2.75, 3.05) is 0 Å². The standard InChI is InChI=1S/C23H20F3N5O/c24-23(25,26)32-19-12-10-18(11-13-19)31-15-17(28-29-31)14-30-21-9-5-4-8-20(21)27-22(30)16-6-2-1-3-7-16/h1-3,6-10,12-13,15,18H,4-5,11,14H2. The summed E-state index contributed by atoms with van der Waals surface area (Å²) in [4.78, 5) is 4.85. The van der Waals surface area contributed by atoms with Crippen molar-refractivity contribution >= 4 is 12.2 Å². The van der Waals surface area contributed by atoms with E-state index in [1.54, 1.807) is 10.8 Å². The number of hydrogen-bond acceptors (Lipinski definition) is 4. The second-order valence-corrected chi connectivity index (χ2v) is 7.65. The molecule has 0 saturated heterocycles. The highest BCUT2D eigenvalue weighted by Crippen LogP contribution is 2.27. The second kappa shape index (κ2) is 8.14. The summed E-state index contributed by atoms with van der Waals surface area (Å²) in [5, 5.41) is 10.5. The van der Waals surface area contributed by atoms with Crippen LogP contribution in [0, 0.1) is 0 Å². The number of ether oxygens (including phenoxy) is 1. The summed E-state index contributed by atoms with van der Waals surface area (Å²) in [6, 6.07) is 9.77. The van der Waals surface area contributed by atoms with Crippen molar-refractivity contribution in [3.63, 3.8) is 0 Å². The lowest BCUT2D eigenvalue weighted by molar-refractivity contribution is -0.303. The van der Waals surface area contributed by atoms with Crippen LogP contribution in [0.2, 0.25) is 0 Å². The van der Waals surface area contributed by atoms with Crippen LogP contribution in [-0.2, 0) is 11.3 Å². The molecule has 0 aliphatic heterocycles. The van der Waals surface area contributed by atoms with Gasteiger partial charge in [0.25, 0.3) is 0 Å². The van der Waals surface area contributed by atoms with E-state index in [2.05, 4.69) is 31.8 Å². The van der Waals surface area contributed by atoms with Crippen LogP contribution in [0.15, 0.2) is 60.5 Å². The molecule has 164 valence electrons. The summed E-state index contributed by atoms with van der Waals surface area (Å²) in [7, 11) is 0. The molecule has 0 saturated carbocycles. The van der Waals surface area contributed by atoms with Gasteiger partial charge in [0.15, 0.2) is 0 Å². The Hall–Kier alpha value is -3.62. The molecule has 2 aliphatic rings. The van der Waals surface area contributed by atoms with Gasteiger partial charge in [0.2, 0.25) is 0 Å². The molecule has 0 amide bonds. The lowest BCUT2D eigenvalue weighted by Gasteiger charge is -2.17. The number of alkyl halides is 3. The van der Waals surface area contributed by atoms with Gasteiger partial charge in [0.1, 0.15) is 17.3 Å². The zero-order valence-corrected chi connectivity index (χ0v) is 17.0. The van der Waals surface area contributed by atoms with Crippen molar-refractivity contribution in [1.82, 2.24) is 24.5 Å². The Morgan fingerprint density at radius 2 is 1.88 bits per heavy atom. The predicted molar refractivity (Wildman–Crippen MR) is 112 cm³/mol. The predicted octanol–water partition coefficient (Wildman–Crippen LogP) is 3.47. The highest BCUT2D eigenvalue weighted by molar-refractivity contribution is 5.56. The Labute approximate surface area is 181 Å². The van der Waals surface area contributed by atoms with Crippen molar-refractivity contribution in [3.8, 4) is 11.4 Å². The van der Waals surface area contributed by atoms with E-state index >= 15 is 0 Å². The lowest BCUT2D eigenvalue weighted by Crippen LogP contribution is -2.32. The third kappa shape index (κ3) is 4.23. The van der Waals surface area contributed by atoms with Gasteiger partial charge in [-0.2, -0.15) is 0 Å². The normalized spacial score (nSPS) is 17.8. The Morgan fingerprint density at radius 3 is 2.62 bits per heavy atom. The first-order valence-corrected chi connectivity index (χ1v) is 10.3. The second-order valence-electron chi connectivity index (χ2n) is 7.65. The topological polar surface area (TPSA) is 57.8 Å². The first-order valence-electron chi connectivity index (χ1n) is 10.3. The molecular formula is C23H20F3N5O. The van der Waals surface area contributed by atoms with E-state index < -0.39 is 6.36 Å². The van der Waals surface area contributed by atoms with Crippen molar-refractivity contribution in [3.05, 3.63) is 76.9 Å². The quantitative estimate of drug-likeness (QED) is 0.611. The molecule has 0 bridgehead atoms. The molecule has 0 N–H and O–H groups in total. The van der Waals surface area contributed by atoms with Crippen LogP contribution >= 0.6 is 0 Å². The first kappa shape index (κ1) is 20.3. The molecule has 2 aliphatic carbocycles. The molecule has 32 heavy (non-hydrogen) atoms. The fraction of sp³-hybridized carbons (Fsp3) is 0.261. The van der Waals surface area contributed by atoms with Crippen LogP contribution in [0.5, 0.6) is 0 Å².